The van der Waals surface area contributed by atoms with Crippen LogP contribution in [-0.4, -0.2) is 19.3 Å². The van der Waals surface area contributed by atoms with Crippen molar-refractivity contribution in [2.24, 2.45) is 5.73 Å². The topological polar surface area (TPSA) is 90.1 Å². The van der Waals surface area contributed by atoms with E-state index in [2.05, 4.69) is 0 Å². The maximum Gasteiger partial charge on any atom is 0.221 e. The van der Waals surface area contributed by atoms with E-state index in [1.54, 1.807) is 30.3 Å². The number of hydrogen-bond acceptors (Lipinski definition) is 4. The SMILES string of the molecule is NC(=O)Cc1ccc(S(=O)(=O)c2cc(-c3cccc(Cl)c3)nc3c2CCC3)cc1. The largest absolute Gasteiger partial charge is 0.369 e. The fraction of sp³-hybridized carbons (Fsp3) is 0.182. The van der Waals surface area contributed by atoms with E-state index in [4.69, 9.17) is 22.3 Å². The molecule has 1 aliphatic rings. The first kappa shape index (κ1) is 19.6. The summed E-state index contributed by atoms with van der Waals surface area (Å²) in [4.78, 5) is 16.3. The van der Waals surface area contributed by atoms with Crippen LogP contribution >= 0.6 is 11.6 Å². The molecule has 1 heterocycles. The summed E-state index contributed by atoms with van der Waals surface area (Å²) in [7, 11) is -3.74. The van der Waals surface area contributed by atoms with Crippen LogP contribution in [0.3, 0.4) is 0 Å². The average molecular weight is 427 g/mol. The van der Waals surface area contributed by atoms with Gasteiger partial charge < -0.3 is 5.73 Å². The molecule has 7 heteroatoms. The van der Waals surface area contributed by atoms with Crippen LogP contribution in [0, 0.1) is 0 Å². The molecule has 0 atom stereocenters. The van der Waals surface area contributed by atoms with Crippen molar-refractivity contribution in [2.75, 3.05) is 0 Å². The van der Waals surface area contributed by atoms with Crippen molar-refractivity contribution in [1.29, 1.82) is 0 Å². The second kappa shape index (κ2) is 7.61. The van der Waals surface area contributed by atoms with Gasteiger partial charge in [0.1, 0.15) is 0 Å². The number of hydrogen-bond donors (Lipinski definition) is 1. The van der Waals surface area contributed by atoms with Crippen molar-refractivity contribution in [3.63, 3.8) is 0 Å². The van der Waals surface area contributed by atoms with Gasteiger partial charge in [0.2, 0.25) is 15.7 Å². The fourth-order valence-electron chi connectivity index (χ4n) is 3.66. The Balaban J connectivity index is 1.82. The molecule has 0 spiro atoms. The van der Waals surface area contributed by atoms with E-state index in [0.29, 0.717) is 22.7 Å². The van der Waals surface area contributed by atoms with Crippen molar-refractivity contribution < 1.29 is 13.2 Å². The Kier molecular flexibility index (Phi) is 5.15. The van der Waals surface area contributed by atoms with E-state index >= 15 is 0 Å². The van der Waals surface area contributed by atoms with Gasteiger partial charge in [0.15, 0.2) is 0 Å². The van der Waals surface area contributed by atoms with Crippen LogP contribution in [0.4, 0.5) is 0 Å². The first-order chi connectivity index (χ1) is 13.8. The van der Waals surface area contributed by atoms with Gasteiger partial charge in [-0.2, -0.15) is 0 Å². The van der Waals surface area contributed by atoms with Crippen LogP contribution in [0.25, 0.3) is 11.3 Å². The number of primary amides is 1. The highest BCUT2D eigenvalue weighted by Crippen LogP contribution is 2.34. The lowest BCUT2D eigenvalue weighted by Gasteiger charge is -2.13. The fourth-order valence-corrected chi connectivity index (χ4v) is 5.41. The van der Waals surface area contributed by atoms with E-state index in [-0.39, 0.29) is 16.2 Å². The molecular weight excluding hydrogens is 408 g/mol. The first-order valence-electron chi connectivity index (χ1n) is 9.25. The predicted molar refractivity (Wildman–Crippen MR) is 112 cm³/mol. The Bertz CT molecular complexity index is 1210. The van der Waals surface area contributed by atoms with Gasteiger partial charge in [0.05, 0.1) is 21.9 Å². The summed E-state index contributed by atoms with van der Waals surface area (Å²) >= 11 is 6.11. The normalized spacial score (nSPS) is 13.3. The summed E-state index contributed by atoms with van der Waals surface area (Å²) in [5, 5.41) is 0.569. The standard InChI is InChI=1S/C22H19ClN2O3S/c23-16-4-1-3-15(12-16)20-13-21(18-5-2-6-19(18)25-20)29(27,28)17-9-7-14(8-10-17)11-22(24)26/h1,3-4,7-10,12-13H,2,5-6,11H2,(H2,24,26). The van der Waals surface area contributed by atoms with Crippen LogP contribution in [-0.2, 0) is 33.9 Å². The molecule has 3 aromatic rings. The zero-order valence-corrected chi connectivity index (χ0v) is 17.1. The second-order valence-electron chi connectivity index (χ2n) is 7.09. The molecule has 0 saturated carbocycles. The minimum Gasteiger partial charge on any atom is -0.369 e. The number of aryl methyl sites for hydroxylation is 1. The Morgan fingerprint density at radius 3 is 2.52 bits per heavy atom. The third-order valence-electron chi connectivity index (χ3n) is 5.03. The summed E-state index contributed by atoms with van der Waals surface area (Å²) in [6.45, 7) is 0. The van der Waals surface area contributed by atoms with Crippen LogP contribution < -0.4 is 5.73 Å². The summed E-state index contributed by atoms with van der Waals surface area (Å²) in [6.07, 6.45) is 2.39. The van der Waals surface area contributed by atoms with E-state index in [1.807, 2.05) is 12.1 Å². The van der Waals surface area contributed by atoms with Crippen molar-refractivity contribution in [3.05, 3.63) is 76.4 Å². The zero-order valence-electron chi connectivity index (χ0n) is 15.6. The monoisotopic (exact) mass is 426 g/mol. The van der Waals surface area contributed by atoms with Gasteiger partial charge in [-0.05, 0) is 60.7 Å². The Hall–Kier alpha value is -2.70. The molecule has 148 valence electrons. The van der Waals surface area contributed by atoms with Gasteiger partial charge in [-0.25, -0.2) is 8.42 Å². The van der Waals surface area contributed by atoms with Crippen LogP contribution in [0.15, 0.2) is 64.4 Å². The van der Waals surface area contributed by atoms with Crippen LogP contribution in [0.5, 0.6) is 0 Å². The molecule has 4 rings (SSSR count). The molecule has 29 heavy (non-hydrogen) atoms. The maximum absolute atomic E-state index is 13.4. The number of nitrogens with zero attached hydrogens (tertiary/aromatic N) is 1. The highest BCUT2D eigenvalue weighted by molar-refractivity contribution is 7.91. The Morgan fingerprint density at radius 1 is 1.07 bits per heavy atom. The molecular formula is C22H19ClN2O3S. The number of fused-ring (bicyclic) bond motifs is 1. The number of benzene rings is 2. The smallest absolute Gasteiger partial charge is 0.221 e. The van der Waals surface area contributed by atoms with Gasteiger partial charge in [-0.3, -0.25) is 9.78 Å². The van der Waals surface area contributed by atoms with Crippen molar-refractivity contribution in [3.8, 4) is 11.3 Å². The van der Waals surface area contributed by atoms with Gasteiger partial charge in [0.25, 0.3) is 0 Å². The third-order valence-corrected chi connectivity index (χ3v) is 7.10. The van der Waals surface area contributed by atoms with Gasteiger partial charge in [0, 0.05) is 16.3 Å². The Morgan fingerprint density at radius 2 is 1.83 bits per heavy atom. The lowest BCUT2D eigenvalue weighted by atomic mass is 10.1. The first-order valence-corrected chi connectivity index (χ1v) is 11.1. The molecule has 0 radical (unpaired) electrons. The Labute approximate surface area is 174 Å². The highest BCUT2D eigenvalue weighted by Gasteiger charge is 2.27. The van der Waals surface area contributed by atoms with E-state index in [9.17, 15) is 13.2 Å². The van der Waals surface area contributed by atoms with Crippen molar-refractivity contribution in [2.45, 2.75) is 35.5 Å². The molecule has 1 amide bonds. The summed E-state index contributed by atoms with van der Waals surface area (Å²) in [5.41, 5.74) is 8.87. The zero-order chi connectivity index (χ0) is 20.6. The molecule has 0 fully saturated rings. The number of sulfone groups is 1. The average Bonchev–Trinajstić information content (AvgIpc) is 3.15. The van der Waals surface area contributed by atoms with Crippen LogP contribution in [0.1, 0.15) is 23.2 Å². The van der Waals surface area contributed by atoms with E-state index in [0.717, 1.165) is 29.7 Å². The van der Waals surface area contributed by atoms with Crippen molar-refractivity contribution >= 4 is 27.3 Å². The number of carbonyl (C=O) groups excluding carboxylic acids is 1. The van der Waals surface area contributed by atoms with Crippen molar-refractivity contribution in [1.82, 2.24) is 4.98 Å². The molecule has 0 aliphatic heterocycles. The molecule has 0 bridgehead atoms. The number of carbonyl (C=O) groups is 1. The van der Waals surface area contributed by atoms with E-state index in [1.165, 1.54) is 12.1 Å². The molecule has 0 saturated heterocycles. The molecule has 2 aromatic carbocycles. The lowest BCUT2D eigenvalue weighted by molar-refractivity contribution is -0.117. The van der Waals surface area contributed by atoms with Crippen LogP contribution in [0.2, 0.25) is 5.02 Å². The molecule has 0 unspecified atom stereocenters. The number of amides is 1. The number of pyridine rings is 1. The number of rotatable bonds is 5. The third kappa shape index (κ3) is 3.91. The molecule has 5 nitrogen and oxygen atoms in total. The minimum atomic E-state index is -3.74. The molecule has 2 N–H and O–H groups in total. The summed E-state index contributed by atoms with van der Waals surface area (Å²) in [6, 6.07) is 15.2. The quantitative estimate of drug-likeness (QED) is 0.672. The molecule has 1 aliphatic carbocycles. The van der Waals surface area contributed by atoms with Gasteiger partial charge in [-0.1, -0.05) is 35.9 Å². The highest BCUT2D eigenvalue weighted by atomic mass is 35.5. The van der Waals surface area contributed by atoms with Gasteiger partial charge >= 0.3 is 0 Å². The summed E-state index contributed by atoms with van der Waals surface area (Å²) < 4.78 is 26.9. The predicted octanol–water partition coefficient (Wildman–Crippen LogP) is 3.75. The minimum absolute atomic E-state index is 0.0733. The van der Waals surface area contributed by atoms with E-state index < -0.39 is 15.7 Å². The number of nitrogens with two attached hydrogens (primary N) is 1. The second-order valence-corrected chi connectivity index (χ2v) is 9.44. The maximum atomic E-state index is 13.4. The lowest BCUT2D eigenvalue weighted by Crippen LogP contribution is -2.13. The number of aromatic nitrogens is 1. The molecule has 1 aromatic heterocycles. The number of halogens is 1. The summed E-state index contributed by atoms with van der Waals surface area (Å²) in [5.74, 6) is -0.460. The van der Waals surface area contributed by atoms with Gasteiger partial charge in [-0.15, -0.1) is 0 Å².